The summed E-state index contributed by atoms with van der Waals surface area (Å²) < 4.78 is 5.51. The Hall–Kier alpha value is -3.55. The number of hydrogen-bond donors (Lipinski definition) is 3. The van der Waals surface area contributed by atoms with E-state index in [1.54, 1.807) is 49.9 Å². The predicted molar refractivity (Wildman–Crippen MR) is 156 cm³/mol. The van der Waals surface area contributed by atoms with Crippen LogP contribution in [0, 0.1) is 13.8 Å². The standard InChI is InChI=1S/C32H45N3O5/c1-20-11-9-14-25(21(20)2)27(28(37)34-31(3,4)5)35(23-12-10-13-23)29(38)26(33-30(39)40-32(6,7)8)19-22-15-17-24(36)18-16-22/h9,11,14-18,23,26-27,36H,10,12-13,19H2,1-8H3,(H,33,39)(H,34,37). The third-order valence-electron chi connectivity index (χ3n) is 7.05. The van der Waals surface area contributed by atoms with Gasteiger partial charge in [0.05, 0.1) is 0 Å². The van der Waals surface area contributed by atoms with Crippen LogP contribution in [0.3, 0.4) is 0 Å². The van der Waals surface area contributed by atoms with Crippen LogP contribution >= 0.6 is 0 Å². The van der Waals surface area contributed by atoms with Crippen molar-refractivity contribution in [1.82, 2.24) is 15.5 Å². The second kappa shape index (κ2) is 12.3. The first kappa shape index (κ1) is 31.0. The van der Waals surface area contributed by atoms with Crippen LogP contribution in [-0.4, -0.2) is 51.1 Å². The van der Waals surface area contributed by atoms with Crippen LogP contribution in [0.1, 0.15) is 89.1 Å². The van der Waals surface area contributed by atoms with Gasteiger partial charge in [0.1, 0.15) is 23.4 Å². The van der Waals surface area contributed by atoms with Gasteiger partial charge in [0.25, 0.3) is 0 Å². The number of alkyl carbamates (subject to hydrolysis) is 1. The summed E-state index contributed by atoms with van der Waals surface area (Å²) in [5.74, 6) is -0.502. The molecule has 1 fully saturated rings. The summed E-state index contributed by atoms with van der Waals surface area (Å²) in [7, 11) is 0. The molecule has 1 saturated carbocycles. The van der Waals surface area contributed by atoms with Gasteiger partial charge >= 0.3 is 6.09 Å². The van der Waals surface area contributed by atoms with E-state index in [2.05, 4.69) is 10.6 Å². The van der Waals surface area contributed by atoms with E-state index in [0.717, 1.165) is 41.5 Å². The highest BCUT2D eigenvalue weighted by molar-refractivity contribution is 5.93. The molecule has 0 aromatic heterocycles. The third-order valence-corrected chi connectivity index (χ3v) is 7.05. The lowest BCUT2D eigenvalue weighted by Gasteiger charge is -2.44. The molecule has 2 atom stereocenters. The Morgan fingerprint density at radius 1 is 1.00 bits per heavy atom. The van der Waals surface area contributed by atoms with Crippen molar-refractivity contribution in [2.45, 2.75) is 110 Å². The molecular formula is C32H45N3O5. The molecule has 218 valence electrons. The first-order chi connectivity index (χ1) is 18.6. The molecule has 3 N–H and O–H groups in total. The van der Waals surface area contributed by atoms with E-state index < -0.39 is 29.3 Å². The fourth-order valence-electron chi connectivity index (χ4n) is 4.81. The molecule has 2 unspecified atom stereocenters. The van der Waals surface area contributed by atoms with E-state index in [1.807, 2.05) is 52.8 Å². The molecule has 0 bridgehead atoms. The summed E-state index contributed by atoms with van der Waals surface area (Å²) in [6, 6.07) is 10.3. The van der Waals surface area contributed by atoms with Crippen LogP contribution in [0.15, 0.2) is 42.5 Å². The summed E-state index contributed by atoms with van der Waals surface area (Å²) in [6.07, 6.45) is 1.96. The quantitative estimate of drug-likeness (QED) is 0.403. The first-order valence-electron chi connectivity index (χ1n) is 14.0. The van der Waals surface area contributed by atoms with Gasteiger partial charge in [-0.2, -0.15) is 0 Å². The molecule has 40 heavy (non-hydrogen) atoms. The van der Waals surface area contributed by atoms with Crippen LogP contribution in [0.2, 0.25) is 0 Å². The number of nitrogens with one attached hydrogen (secondary N) is 2. The number of aromatic hydroxyl groups is 1. The summed E-state index contributed by atoms with van der Waals surface area (Å²) >= 11 is 0. The van der Waals surface area contributed by atoms with Crippen molar-refractivity contribution < 1.29 is 24.2 Å². The van der Waals surface area contributed by atoms with Crippen molar-refractivity contribution >= 4 is 17.9 Å². The highest BCUT2D eigenvalue weighted by atomic mass is 16.6. The zero-order valence-electron chi connectivity index (χ0n) is 25.1. The SMILES string of the molecule is Cc1cccc(C(C(=O)NC(C)(C)C)N(C(=O)C(Cc2ccc(O)cc2)NC(=O)OC(C)(C)C)C2CCC2)c1C. The van der Waals surface area contributed by atoms with Crippen LogP contribution in [0.4, 0.5) is 4.79 Å². The fourth-order valence-corrected chi connectivity index (χ4v) is 4.81. The average Bonchev–Trinajstić information content (AvgIpc) is 2.78. The van der Waals surface area contributed by atoms with Crippen molar-refractivity contribution in [2.75, 3.05) is 0 Å². The number of amides is 3. The third kappa shape index (κ3) is 8.23. The lowest BCUT2D eigenvalue weighted by Crippen LogP contribution is -2.59. The molecule has 0 spiro atoms. The predicted octanol–water partition coefficient (Wildman–Crippen LogP) is 5.48. The van der Waals surface area contributed by atoms with Crippen LogP contribution in [0.25, 0.3) is 0 Å². The summed E-state index contributed by atoms with van der Waals surface area (Å²) in [4.78, 5) is 43.2. The summed E-state index contributed by atoms with van der Waals surface area (Å²) in [5.41, 5.74) is 2.23. The van der Waals surface area contributed by atoms with Crippen molar-refractivity contribution in [3.05, 3.63) is 64.7 Å². The minimum atomic E-state index is -0.991. The van der Waals surface area contributed by atoms with Gasteiger partial charge in [-0.15, -0.1) is 0 Å². The van der Waals surface area contributed by atoms with Gasteiger partial charge in [-0.05, 0) is 109 Å². The lowest BCUT2D eigenvalue weighted by molar-refractivity contribution is -0.148. The second-order valence-corrected chi connectivity index (χ2v) is 12.8. The van der Waals surface area contributed by atoms with Crippen LogP contribution in [0.5, 0.6) is 5.75 Å². The molecule has 8 nitrogen and oxygen atoms in total. The van der Waals surface area contributed by atoms with Gasteiger partial charge in [-0.25, -0.2) is 4.79 Å². The Morgan fingerprint density at radius 2 is 1.62 bits per heavy atom. The smallest absolute Gasteiger partial charge is 0.408 e. The Labute approximate surface area is 238 Å². The van der Waals surface area contributed by atoms with E-state index in [4.69, 9.17) is 4.74 Å². The van der Waals surface area contributed by atoms with Gasteiger partial charge in [0.15, 0.2) is 0 Å². The van der Waals surface area contributed by atoms with E-state index in [9.17, 15) is 19.5 Å². The van der Waals surface area contributed by atoms with Crippen molar-refractivity contribution in [3.8, 4) is 5.75 Å². The number of benzene rings is 2. The average molecular weight is 552 g/mol. The van der Waals surface area contributed by atoms with Gasteiger partial charge in [0, 0.05) is 18.0 Å². The fraction of sp³-hybridized carbons (Fsp3) is 0.531. The van der Waals surface area contributed by atoms with Gasteiger partial charge in [0.2, 0.25) is 11.8 Å². The van der Waals surface area contributed by atoms with Crippen LogP contribution < -0.4 is 10.6 Å². The lowest BCUT2D eigenvalue weighted by atomic mass is 9.86. The van der Waals surface area contributed by atoms with Gasteiger partial charge < -0.3 is 25.4 Å². The topological polar surface area (TPSA) is 108 Å². The van der Waals surface area contributed by atoms with E-state index in [-0.39, 0.29) is 30.0 Å². The van der Waals surface area contributed by atoms with Crippen LogP contribution in [-0.2, 0) is 20.7 Å². The Balaban J connectivity index is 2.10. The highest BCUT2D eigenvalue weighted by Gasteiger charge is 2.43. The number of rotatable bonds is 8. The molecule has 1 aliphatic carbocycles. The molecule has 2 aromatic rings. The number of aryl methyl sites for hydroxylation is 1. The Kier molecular flexibility index (Phi) is 9.54. The largest absolute Gasteiger partial charge is 0.508 e. The van der Waals surface area contributed by atoms with Gasteiger partial charge in [-0.3, -0.25) is 9.59 Å². The maximum Gasteiger partial charge on any atom is 0.408 e. The maximum atomic E-state index is 14.6. The van der Waals surface area contributed by atoms with E-state index in [0.29, 0.717) is 0 Å². The van der Waals surface area contributed by atoms with Crippen molar-refractivity contribution in [1.29, 1.82) is 0 Å². The molecule has 2 aromatic carbocycles. The molecule has 0 saturated heterocycles. The molecular weight excluding hydrogens is 506 g/mol. The normalized spacial score (nSPS) is 15.4. The number of nitrogens with zero attached hydrogens (tertiary/aromatic N) is 1. The number of ether oxygens (including phenoxy) is 1. The highest BCUT2D eigenvalue weighted by Crippen LogP contribution is 2.36. The zero-order chi connectivity index (χ0) is 29.8. The van der Waals surface area contributed by atoms with Crippen molar-refractivity contribution in [3.63, 3.8) is 0 Å². The molecule has 0 aliphatic heterocycles. The van der Waals surface area contributed by atoms with Crippen molar-refractivity contribution in [2.24, 2.45) is 0 Å². The summed E-state index contributed by atoms with van der Waals surface area (Å²) in [5, 5.41) is 15.7. The summed E-state index contributed by atoms with van der Waals surface area (Å²) in [6.45, 7) is 15.0. The minimum absolute atomic E-state index is 0.108. The number of carbonyl (C=O) groups excluding carboxylic acids is 3. The number of carbonyl (C=O) groups is 3. The second-order valence-electron chi connectivity index (χ2n) is 12.8. The zero-order valence-corrected chi connectivity index (χ0v) is 25.1. The maximum absolute atomic E-state index is 14.6. The molecule has 0 heterocycles. The first-order valence-corrected chi connectivity index (χ1v) is 14.0. The molecule has 3 rings (SSSR count). The number of phenolic OH excluding ortho intramolecular Hbond substituents is 1. The number of hydrogen-bond acceptors (Lipinski definition) is 5. The molecule has 0 radical (unpaired) electrons. The molecule has 8 heteroatoms. The molecule has 3 amide bonds. The van der Waals surface area contributed by atoms with Gasteiger partial charge in [-0.1, -0.05) is 30.3 Å². The Bertz CT molecular complexity index is 1210. The van der Waals surface area contributed by atoms with E-state index >= 15 is 0 Å². The van der Waals surface area contributed by atoms with E-state index in [1.165, 1.54) is 0 Å². The number of phenols is 1. The molecule has 1 aliphatic rings. The Morgan fingerprint density at radius 3 is 2.15 bits per heavy atom. The monoisotopic (exact) mass is 551 g/mol. The minimum Gasteiger partial charge on any atom is -0.508 e.